The second-order valence-electron chi connectivity index (χ2n) is 8.90. The van der Waals surface area contributed by atoms with Crippen LogP contribution in [0.25, 0.3) is 11.2 Å². The van der Waals surface area contributed by atoms with Gasteiger partial charge >= 0.3 is 13.7 Å². The Bertz CT molecular complexity index is 1310. The molecule has 1 aromatic carbocycles. The van der Waals surface area contributed by atoms with Gasteiger partial charge in [0.2, 0.25) is 11.8 Å². The van der Waals surface area contributed by atoms with Crippen molar-refractivity contribution >= 4 is 30.8 Å². The number of esters is 1. The smallest absolute Gasteiger partial charge is 0.459 e. The Morgan fingerprint density at radius 3 is 2.68 bits per heavy atom. The summed E-state index contributed by atoms with van der Waals surface area (Å²) in [6.07, 6.45) is 5.95. The van der Waals surface area contributed by atoms with Crippen molar-refractivity contribution in [3.05, 3.63) is 48.8 Å². The molecule has 3 N–H and O–H groups in total. The SMILES string of the molecule is COc1nc(N)nc2c1ncn2[C@H]1C=C[C@@H](COP(=O)(N[C@@H](C)C(=O)OC(C)C)Oc2ccccc2)C1. The highest BCUT2D eigenvalue weighted by Gasteiger charge is 2.34. The van der Waals surface area contributed by atoms with Gasteiger partial charge in [-0.05, 0) is 39.3 Å². The van der Waals surface area contributed by atoms with Gasteiger partial charge in [0.05, 0.1) is 32.2 Å². The van der Waals surface area contributed by atoms with Crippen LogP contribution in [0.1, 0.15) is 33.2 Å². The molecule has 12 nitrogen and oxygen atoms in total. The number of hydrogen-bond acceptors (Lipinski definition) is 10. The number of ether oxygens (including phenoxy) is 2. The molecule has 2 heterocycles. The number of nitrogens with two attached hydrogens (primary N) is 1. The third kappa shape index (κ3) is 6.46. The Balaban J connectivity index is 1.45. The molecule has 1 unspecified atom stereocenters. The fourth-order valence-corrected chi connectivity index (χ4v) is 5.45. The minimum Gasteiger partial charge on any atom is -0.479 e. The average molecular weight is 531 g/mol. The van der Waals surface area contributed by atoms with Gasteiger partial charge in [0, 0.05) is 5.92 Å². The first-order valence-corrected chi connectivity index (χ1v) is 13.4. The third-order valence-corrected chi connectivity index (χ3v) is 7.24. The predicted octanol–water partition coefficient (Wildman–Crippen LogP) is 3.67. The minimum absolute atomic E-state index is 0.0834. The molecule has 0 bridgehead atoms. The van der Waals surface area contributed by atoms with E-state index in [1.807, 2.05) is 22.8 Å². The summed E-state index contributed by atoms with van der Waals surface area (Å²) in [7, 11) is -2.44. The van der Waals surface area contributed by atoms with Gasteiger partial charge in [-0.3, -0.25) is 9.32 Å². The van der Waals surface area contributed by atoms with Crippen molar-refractivity contribution in [2.45, 2.75) is 45.4 Å². The number of nitrogen functional groups attached to an aromatic ring is 1. The Morgan fingerprint density at radius 2 is 1.97 bits per heavy atom. The Labute approximate surface area is 214 Å². The van der Waals surface area contributed by atoms with Crippen LogP contribution in [0.15, 0.2) is 48.8 Å². The van der Waals surface area contributed by atoms with Crippen LogP contribution in [-0.4, -0.2) is 51.4 Å². The summed E-state index contributed by atoms with van der Waals surface area (Å²) >= 11 is 0. The lowest BCUT2D eigenvalue weighted by Gasteiger charge is -2.24. The fraction of sp³-hybridized carbons (Fsp3) is 0.417. The van der Waals surface area contributed by atoms with Crippen LogP contribution in [0.5, 0.6) is 11.6 Å². The zero-order valence-electron chi connectivity index (χ0n) is 21.1. The summed E-state index contributed by atoms with van der Waals surface area (Å²) in [6.45, 7) is 5.11. The molecule has 2 aromatic heterocycles. The van der Waals surface area contributed by atoms with Gasteiger partial charge < -0.3 is 24.3 Å². The quantitative estimate of drug-likeness (QED) is 0.212. The van der Waals surface area contributed by atoms with Crippen molar-refractivity contribution in [3.8, 4) is 11.6 Å². The van der Waals surface area contributed by atoms with E-state index in [4.69, 9.17) is 24.3 Å². The number of rotatable bonds is 11. The maximum Gasteiger partial charge on any atom is 0.459 e. The van der Waals surface area contributed by atoms with E-state index in [1.54, 1.807) is 51.4 Å². The number of aromatic nitrogens is 4. The van der Waals surface area contributed by atoms with E-state index in [2.05, 4.69) is 20.0 Å². The van der Waals surface area contributed by atoms with E-state index in [0.29, 0.717) is 29.2 Å². The number of benzene rings is 1. The zero-order valence-corrected chi connectivity index (χ0v) is 22.0. The van der Waals surface area contributed by atoms with Crippen molar-refractivity contribution in [2.75, 3.05) is 19.5 Å². The first kappa shape index (κ1) is 26.6. The average Bonchev–Trinajstić information content (AvgIpc) is 3.49. The third-order valence-electron chi connectivity index (χ3n) is 5.59. The molecule has 0 saturated heterocycles. The summed E-state index contributed by atoms with van der Waals surface area (Å²) in [4.78, 5) is 25.1. The molecular weight excluding hydrogens is 499 g/mol. The summed E-state index contributed by atoms with van der Waals surface area (Å²) in [5.41, 5.74) is 6.90. The molecule has 0 radical (unpaired) electrons. The number of nitrogens with zero attached hydrogens (tertiary/aromatic N) is 4. The highest BCUT2D eigenvalue weighted by molar-refractivity contribution is 7.52. The lowest BCUT2D eigenvalue weighted by atomic mass is 10.1. The number of nitrogens with one attached hydrogen (secondary N) is 1. The molecule has 0 saturated carbocycles. The zero-order chi connectivity index (χ0) is 26.6. The molecule has 4 rings (SSSR count). The lowest BCUT2D eigenvalue weighted by molar-refractivity contribution is -0.149. The van der Waals surface area contributed by atoms with Crippen molar-refractivity contribution in [1.82, 2.24) is 24.6 Å². The summed E-state index contributed by atoms with van der Waals surface area (Å²) in [5.74, 6) is 0.0936. The van der Waals surface area contributed by atoms with Gasteiger partial charge in [-0.25, -0.2) is 9.55 Å². The number of allylic oxidation sites excluding steroid dienone is 1. The highest BCUT2D eigenvalue weighted by Crippen LogP contribution is 2.46. The summed E-state index contributed by atoms with van der Waals surface area (Å²) < 4.78 is 37.6. The van der Waals surface area contributed by atoms with Gasteiger partial charge in [0.15, 0.2) is 11.2 Å². The van der Waals surface area contributed by atoms with E-state index >= 15 is 0 Å². The molecule has 1 aliphatic rings. The summed E-state index contributed by atoms with van der Waals surface area (Å²) in [6, 6.07) is 7.63. The van der Waals surface area contributed by atoms with E-state index in [1.165, 1.54) is 7.11 Å². The number of para-hydroxylation sites is 1. The van der Waals surface area contributed by atoms with Gasteiger partial charge in [-0.15, -0.1) is 0 Å². The molecule has 198 valence electrons. The normalized spacial score (nSPS) is 19.6. The number of fused-ring (bicyclic) bond motifs is 1. The number of methoxy groups -OCH3 is 1. The monoisotopic (exact) mass is 530 g/mol. The van der Waals surface area contributed by atoms with Crippen molar-refractivity contribution < 1.29 is 27.9 Å². The maximum atomic E-state index is 13.7. The molecule has 0 spiro atoms. The summed E-state index contributed by atoms with van der Waals surface area (Å²) in [5, 5.41) is 2.71. The van der Waals surface area contributed by atoms with E-state index < -0.39 is 19.8 Å². The van der Waals surface area contributed by atoms with Crippen LogP contribution in [-0.2, 0) is 18.6 Å². The molecular formula is C24H31N6O6P. The molecule has 0 fully saturated rings. The number of imidazole rings is 1. The van der Waals surface area contributed by atoms with Crippen molar-refractivity contribution in [1.29, 1.82) is 0 Å². The van der Waals surface area contributed by atoms with Gasteiger partial charge in [0.25, 0.3) is 0 Å². The molecule has 0 aliphatic heterocycles. The maximum absolute atomic E-state index is 13.7. The second-order valence-corrected chi connectivity index (χ2v) is 10.6. The van der Waals surface area contributed by atoms with Crippen molar-refractivity contribution in [2.24, 2.45) is 5.92 Å². The predicted molar refractivity (Wildman–Crippen MR) is 137 cm³/mol. The molecule has 0 amide bonds. The molecule has 37 heavy (non-hydrogen) atoms. The van der Waals surface area contributed by atoms with E-state index in [0.717, 1.165) is 0 Å². The van der Waals surface area contributed by atoms with Crippen LogP contribution >= 0.6 is 7.75 Å². The van der Waals surface area contributed by atoms with Crippen LogP contribution in [0, 0.1) is 5.92 Å². The van der Waals surface area contributed by atoms with Crippen LogP contribution in [0.4, 0.5) is 5.95 Å². The van der Waals surface area contributed by atoms with Crippen LogP contribution < -0.4 is 20.1 Å². The Kier molecular flexibility index (Phi) is 8.11. The first-order valence-electron chi connectivity index (χ1n) is 11.9. The van der Waals surface area contributed by atoms with Gasteiger partial charge in [-0.2, -0.15) is 15.1 Å². The molecule has 3 aromatic rings. The first-order chi connectivity index (χ1) is 17.7. The van der Waals surface area contributed by atoms with Crippen molar-refractivity contribution in [3.63, 3.8) is 0 Å². The van der Waals surface area contributed by atoms with Gasteiger partial charge in [0.1, 0.15) is 11.8 Å². The van der Waals surface area contributed by atoms with Crippen LogP contribution in [0.3, 0.4) is 0 Å². The number of carbonyl (C=O) groups excluding carboxylic acids is 1. The standard InChI is InChI=1S/C24H31N6O6P/c1-15(2)35-23(31)16(3)29-37(32,36-19-8-6-5-7-9-19)34-13-17-10-11-18(12-17)30-14-26-20-21(30)27-24(25)28-22(20)33-4/h5-11,14-18H,12-13H2,1-4H3,(H,29,32)(H2,25,27,28)/t16-,17+,18-,37?/m0/s1. The highest BCUT2D eigenvalue weighted by atomic mass is 31.2. The second kappa shape index (κ2) is 11.3. The molecule has 1 aliphatic carbocycles. The van der Waals surface area contributed by atoms with E-state index in [-0.39, 0.29) is 30.6 Å². The number of carbonyl (C=O) groups is 1. The lowest BCUT2D eigenvalue weighted by Crippen LogP contribution is -2.36. The fourth-order valence-electron chi connectivity index (χ4n) is 3.90. The molecule has 13 heteroatoms. The Hall–Kier alpha value is -3.47. The minimum atomic E-state index is -3.94. The number of hydrogen-bond donors (Lipinski definition) is 2. The van der Waals surface area contributed by atoms with E-state index in [9.17, 15) is 9.36 Å². The Morgan fingerprint density at radius 1 is 1.22 bits per heavy atom. The number of anilines is 1. The molecule has 4 atom stereocenters. The largest absolute Gasteiger partial charge is 0.479 e. The van der Waals surface area contributed by atoms with Crippen LogP contribution in [0.2, 0.25) is 0 Å². The van der Waals surface area contributed by atoms with Gasteiger partial charge in [-0.1, -0.05) is 30.4 Å². The topological polar surface area (TPSA) is 153 Å².